The van der Waals surface area contributed by atoms with Crippen LogP contribution in [0.25, 0.3) is 22.8 Å². The maximum absolute atomic E-state index is 10.2. The van der Waals surface area contributed by atoms with Crippen LogP contribution >= 0.6 is 0 Å². The molecular formula is C32H35N9O3. The summed E-state index contributed by atoms with van der Waals surface area (Å²) in [6.45, 7) is 0. The van der Waals surface area contributed by atoms with Gasteiger partial charge in [-0.25, -0.2) is 4.98 Å². The van der Waals surface area contributed by atoms with Crippen LogP contribution in [-0.4, -0.2) is 60.8 Å². The molecule has 6 aromatic rings. The summed E-state index contributed by atoms with van der Waals surface area (Å²) >= 11 is 0. The molecule has 226 valence electrons. The Hall–Kier alpha value is -5.91. The van der Waals surface area contributed by atoms with Crippen molar-refractivity contribution in [2.24, 2.45) is 0 Å². The zero-order valence-corrected chi connectivity index (χ0v) is 23.7. The highest BCUT2D eigenvalue weighted by Gasteiger charge is 2.06. The second kappa shape index (κ2) is 17.1. The molecule has 4 N–H and O–H groups in total. The number of pyridine rings is 2. The fraction of sp³-hybridized carbons (Fsp3) is 0.156. The van der Waals surface area contributed by atoms with E-state index >= 15 is 0 Å². The lowest BCUT2D eigenvalue weighted by atomic mass is 10.1. The molecule has 0 atom stereocenters. The molecule has 12 nitrogen and oxygen atoms in total. The molecule has 0 unspecified atom stereocenters. The summed E-state index contributed by atoms with van der Waals surface area (Å²) < 4.78 is 10.0. The van der Waals surface area contributed by atoms with Crippen molar-refractivity contribution >= 4 is 12.2 Å². The number of nitrogens with two attached hydrogens (primary N) is 1. The van der Waals surface area contributed by atoms with Crippen molar-refractivity contribution in [1.29, 1.82) is 0 Å². The van der Waals surface area contributed by atoms with Crippen LogP contribution in [0.4, 0.5) is 5.95 Å². The first-order valence-electron chi connectivity index (χ1n) is 13.2. The minimum atomic E-state index is 0. The fourth-order valence-corrected chi connectivity index (χ4v) is 3.69. The van der Waals surface area contributed by atoms with Crippen LogP contribution in [0.15, 0.2) is 97.6 Å². The largest absolute Gasteiger partial charge is 0.497 e. The first kappa shape index (κ1) is 32.6. The molecule has 0 saturated heterocycles. The number of H-pyrrole nitrogens is 2. The van der Waals surface area contributed by atoms with E-state index in [1.54, 1.807) is 63.3 Å². The van der Waals surface area contributed by atoms with Gasteiger partial charge in [0.15, 0.2) is 11.6 Å². The van der Waals surface area contributed by atoms with Crippen molar-refractivity contribution in [2.45, 2.75) is 20.3 Å². The molecular weight excluding hydrogens is 558 g/mol. The predicted molar refractivity (Wildman–Crippen MR) is 169 cm³/mol. The lowest BCUT2D eigenvalue weighted by Gasteiger charge is -2.02. The van der Waals surface area contributed by atoms with Gasteiger partial charge in [0.05, 0.1) is 14.2 Å². The van der Waals surface area contributed by atoms with Crippen molar-refractivity contribution in [3.05, 3.63) is 115 Å². The van der Waals surface area contributed by atoms with E-state index in [4.69, 9.17) is 15.2 Å². The Balaban J connectivity index is 0.000000196. The van der Waals surface area contributed by atoms with Crippen LogP contribution in [0.2, 0.25) is 0 Å². The van der Waals surface area contributed by atoms with E-state index in [2.05, 4.69) is 52.5 Å². The number of anilines is 1. The van der Waals surface area contributed by atoms with Crippen LogP contribution in [0.5, 0.6) is 11.5 Å². The number of carbonyl (C=O) groups is 1. The summed E-state index contributed by atoms with van der Waals surface area (Å²) in [6, 6.07) is 22.5. The number of ether oxygens (including phenoxy) is 2. The standard InChI is InChI=1S/C16H16N4O.C8H8O2.C7H7N5.CH4/c1-21-14-5-2-12(3-6-14)4-7-15-18-16(20-19-15)13-8-10-17-11-9-13;1-10-8-4-2-7(6-9)3-5-8;8-7-10-6(11-12-7)5-1-3-9-4-2-5;/h2-3,5-6,8-11H,4,7H2,1H3,(H,18,19,20);2-6H,1H3;1-4H,(H3,8,10,11,12);1H4. The third-order valence-corrected chi connectivity index (χ3v) is 5.99. The number of aldehydes is 1. The first-order valence-corrected chi connectivity index (χ1v) is 13.2. The summed E-state index contributed by atoms with van der Waals surface area (Å²) in [5.74, 6) is 4.15. The average Bonchev–Trinajstić information content (AvgIpc) is 3.75. The first-order chi connectivity index (χ1) is 21.1. The highest BCUT2D eigenvalue weighted by Crippen LogP contribution is 2.16. The number of nitrogens with one attached hydrogen (secondary N) is 2. The van der Waals surface area contributed by atoms with Gasteiger partial charge in [-0.3, -0.25) is 25.0 Å². The Bertz CT molecular complexity index is 1660. The smallest absolute Gasteiger partial charge is 0.239 e. The van der Waals surface area contributed by atoms with E-state index in [0.717, 1.165) is 47.6 Å². The van der Waals surface area contributed by atoms with Crippen molar-refractivity contribution in [3.63, 3.8) is 0 Å². The molecule has 44 heavy (non-hydrogen) atoms. The van der Waals surface area contributed by atoms with Crippen LogP contribution in [0, 0.1) is 0 Å². The zero-order valence-electron chi connectivity index (χ0n) is 23.7. The Kier molecular flexibility index (Phi) is 12.7. The number of aromatic amines is 2. The third-order valence-electron chi connectivity index (χ3n) is 5.99. The fourth-order valence-electron chi connectivity index (χ4n) is 3.69. The third kappa shape index (κ3) is 9.87. The van der Waals surface area contributed by atoms with Crippen LogP contribution < -0.4 is 15.2 Å². The minimum absolute atomic E-state index is 0. The maximum atomic E-state index is 10.2. The molecule has 4 heterocycles. The molecule has 0 spiro atoms. The van der Waals surface area contributed by atoms with E-state index in [-0.39, 0.29) is 13.4 Å². The SMILES string of the molecule is C.COc1ccc(C=O)cc1.COc1ccc(CCc2nc(-c3ccncc3)n[nH]2)cc1.Nc1n[nH]c(-c2ccncc2)n1. The van der Waals surface area contributed by atoms with Gasteiger partial charge in [-0.2, -0.15) is 10.1 Å². The van der Waals surface area contributed by atoms with Gasteiger partial charge >= 0.3 is 0 Å². The van der Waals surface area contributed by atoms with Crippen molar-refractivity contribution in [1.82, 2.24) is 40.3 Å². The molecule has 2 aromatic carbocycles. The molecule has 0 amide bonds. The highest BCUT2D eigenvalue weighted by molar-refractivity contribution is 5.74. The molecule has 0 bridgehead atoms. The number of nitrogens with zero attached hydrogens (tertiary/aromatic N) is 6. The second-order valence-electron chi connectivity index (χ2n) is 8.86. The number of nitrogen functional groups attached to an aromatic ring is 1. The van der Waals surface area contributed by atoms with Gasteiger partial charge in [-0.15, -0.1) is 5.10 Å². The molecule has 0 aliphatic rings. The highest BCUT2D eigenvalue weighted by atomic mass is 16.5. The van der Waals surface area contributed by atoms with E-state index in [9.17, 15) is 4.79 Å². The Morgan fingerprint density at radius 2 is 1.27 bits per heavy atom. The Labute approximate surface area is 255 Å². The number of carbonyl (C=O) groups excluding carboxylic acids is 1. The van der Waals surface area contributed by atoms with Crippen LogP contribution in [0.3, 0.4) is 0 Å². The lowest BCUT2D eigenvalue weighted by Crippen LogP contribution is -1.94. The van der Waals surface area contributed by atoms with Gasteiger partial charge in [0, 0.05) is 47.9 Å². The number of aryl methyl sites for hydroxylation is 2. The topological polar surface area (TPSA) is 170 Å². The van der Waals surface area contributed by atoms with Crippen molar-refractivity contribution < 1.29 is 14.3 Å². The summed E-state index contributed by atoms with van der Waals surface area (Å²) in [7, 11) is 3.26. The number of methoxy groups -OCH3 is 2. The monoisotopic (exact) mass is 593 g/mol. The Morgan fingerprint density at radius 3 is 1.80 bits per heavy atom. The summed E-state index contributed by atoms with van der Waals surface area (Å²) in [4.78, 5) is 26.5. The molecule has 6 rings (SSSR count). The van der Waals surface area contributed by atoms with E-state index in [1.165, 1.54) is 5.56 Å². The van der Waals surface area contributed by atoms with Gasteiger partial charge in [-0.1, -0.05) is 19.6 Å². The molecule has 0 aliphatic carbocycles. The normalized spacial score (nSPS) is 9.77. The summed E-state index contributed by atoms with van der Waals surface area (Å²) in [5, 5.41) is 13.7. The van der Waals surface area contributed by atoms with Crippen LogP contribution in [-0.2, 0) is 12.8 Å². The molecule has 0 aliphatic heterocycles. The lowest BCUT2D eigenvalue weighted by molar-refractivity contribution is 0.112. The maximum Gasteiger partial charge on any atom is 0.239 e. The molecule has 0 saturated carbocycles. The number of benzene rings is 2. The summed E-state index contributed by atoms with van der Waals surface area (Å²) in [5.41, 5.74) is 9.16. The molecule has 4 aromatic heterocycles. The van der Waals surface area contributed by atoms with Crippen molar-refractivity contribution in [3.8, 4) is 34.3 Å². The number of aromatic nitrogens is 8. The van der Waals surface area contributed by atoms with Gasteiger partial charge in [0.25, 0.3) is 0 Å². The predicted octanol–water partition coefficient (Wildman–Crippen LogP) is 5.25. The summed E-state index contributed by atoms with van der Waals surface area (Å²) in [6.07, 6.45) is 9.40. The Morgan fingerprint density at radius 1 is 0.705 bits per heavy atom. The molecule has 0 radical (unpaired) electrons. The quantitative estimate of drug-likeness (QED) is 0.198. The van der Waals surface area contributed by atoms with E-state index in [0.29, 0.717) is 17.2 Å². The van der Waals surface area contributed by atoms with Gasteiger partial charge in [0.1, 0.15) is 23.6 Å². The minimum Gasteiger partial charge on any atom is -0.497 e. The van der Waals surface area contributed by atoms with E-state index < -0.39 is 0 Å². The van der Waals surface area contributed by atoms with Gasteiger partial charge in [-0.05, 0) is 72.6 Å². The number of hydrogen-bond donors (Lipinski definition) is 3. The zero-order chi connectivity index (χ0) is 30.3. The van der Waals surface area contributed by atoms with Gasteiger partial charge in [0.2, 0.25) is 5.95 Å². The average molecular weight is 594 g/mol. The van der Waals surface area contributed by atoms with Crippen molar-refractivity contribution in [2.75, 3.05) is 20.0 Å². The molecule has 0 fully saturated rings. The second-order valence-corrected chi connectivity index (χ2v) is 8.86. The number of rotatable bonds is 8. The van der Waals surface area contributed by atoms with Gasteiger partial charge < -0.3 is 15.2 Å². The molecule has 12 heteroatoms. The number of hydrogen-bond acceptors (Lipinski definition) is 10. The van der Waals surface area contributed by atoms with E-state index in [1.807, 2.05) is 36.4 Å². The van der Waals surface area contributed by atoms with Crippen LogP contribution in [0.1, 0.15) is 29.2 Å².